The number of carbonyl (C=O) groups is 1. The molecule has 1 aliphatic heterocycles. The van der Waals surface area contributed by atoms with Crippen molar-refractivity contribution in [3.05, 3.63) is 12.1 Å². The van der Waals surface area contributed by atoms with Crippen molar-refractivity contribution in [1.29, 1.82) is 0 Å². The van der Waals surface area contributed by atoms with E-state index in [4.69, 9.17) is 4.74 Å². The number of rotatable bonds is 6. The molecule has 1 amide bonds. The van der Waals surface area contributed by atoms with Crippen molar-refractivity contribution in [3.63, 3.8) is 0 Å². The summed E-state index contributed by atoms with van der Waals surface area (Å²) in [6.45, 7) is 1.22. The summed E-state index contributed by atoms with van der Waals surface area (Å²) in [6, 6.07) is 3.65. The average Bonchev–Trinajstić information content (AvgIpc) is 3.22. The first-order valence-corrected chi connectivity index (χ1v) is 8.82. The van der Waals surface area contributed by atoms with Crippen molar-refractivity contribution < 1.29 is 9.53 Å². The van der Waals surface area contributed by atoms with Crippen molar-refractivity contribution >= 4 is 23.5 Å². The Bertz CT molecular complexity index is 720. The van der Waals surface area contributed by atoms with Crippen LogP contribution in [0.25, 0.3) is 0 Å². The van der Waals surface area contributed by atoms with Gasteiger partial charge in [-0.15, -0.1) is 15.3 Å². The zero-order valence-corrected chi connectivity index (χ0v) is 15.2. The highest BCUT2D eigenvalue weighted by Gasteiger charge is 2.28. The molecule has 2 aromatic heterocycles. The quantitative estimate of drug-likeness (QED) is 0.647. The maximum Gasteiger partial charge on any atom is 0.233 e. The van der Waals surface area contributed by atoms with Crippen LogP contribution in [0.2, 0.25) is 0 Å². The minimum atomic E-state index is -0.0649. The maximum absolute atomic E-state index is 12.3. The van der Waals surface area contributed by atoms with Gasteiger partial charge in [0.15, 0.2) is 5.82 Å². The molecular formula is C14H20N8O2S. The van der Waals surface area contributed by atoms with Crippen molar-refractivity contribution in [2.24, 2.45) is 7.05 Å². The molecule has 0 spiro atoms. The Labute approximate surface area is 149 Å². The lowest BCUT2D eigenvalue weighted by Gasteiger charge is -2.17. The number of anilines is 1. The van der Waals surface area contributed by atoms with Crippen LogP contribution in [0.5, 0.6) is 5.88 Å². The minimum Gasteiger partial charge on any atom is -0.471 e. The fraction of sp³-hybridized carbons (Fsp3) is 0.571. The van der Waals surface area contributed by atoms with Crippen LogP contribution in [0.3, 0.4) is 0 Å². The van der Waals surface area contributed by atoms with Gasteiger partial charge in [0.05, 0.1) is 12.3 Å². The second kappa shape index (κ2) is 7.64. The topological polar surface area (TPSA) is 102 Å². The van der Waals surface area contributed by atoms with E-state index in [1.54, 1.807) is 22.7 Å². The van der Waals surface area contributed by atoms with Gasteiger partial charge in [-0.3, -0.25) is 4.79 Å². The summed E-state index contributed by atoms with van der Waals surface area (Å²) in [4.78, 5) is 16.0. The van der Waals surface area contributed by atoms with Gasteiger partial charge in [-0.05, 0) is 16.5 Å². The molecule has 1 aliphatic rings. The lowest BCUT2D eigenvalue weighted by Crippen LogP contribution is -2.32. The molecule has 2 aromatic rings. The second-order valence-electron chi connectivity index (χ2n) is 5.87. The molecular weight excluding hydrogens is 344 g/mol. The predicted molar refractivity (Wildman–Crippen MR) is 91.5 cm³/mol. The van der Waals surface area contributed by atoms with Crippen molar-refractivity contribution in [2.75, 3.05) is 37.8 Å². The smallest absolute Gasteiger partial charge is 0.233 e. The Morgan fingerprint density at radius 1 is 1.36 bits per heavy atom. The van der Waals surface area contributed by atoms with Crippen LogP contribution < -0.4 is 9.64 Å². The summed E-state index contributed by atoms with van der Waals surface area (Å²) in [7, 11) is 5.55. The van der Waals surface area contributed by atoms with Crippen LogP contribution in [0, 0.1) is 0 Å². The molecule has 0 N–H and O–H groups in total. The van der Waals surface area contributed by atoms with Crippen molar-refractivity contribution in [1.82, 2.24) is 35.3 Å². The first-order valence-electron chi connectivity index (χ1n) is 7.83. The van der Waals surface area contributed by atoms with E-state index < -0.39 is 0 Å². The third-order valence-corrected chi connectivity index (χ3v) is 4.77. The first kappa shape index (κ1) is 17.4. The Hall–Kier alpha value is -2.43. The molecule has 11 heteroatoms. The molecule has 25 heavy (non-hydrogen) atoms. The number of carbonyl (C=O) groups excluding carboxylic acids is 1. The van der Waals surface area contributed by atoms with E-state index in [1.807, 2.05) is 25.1 Å². The van der Waals surface area contributed by atoms with Gasteiger partial charge < -0.3 is 14.5 Å². The van der Waals surface area contributed by atoms with Gasteiger partial charge in [0.2, 0.25) is 16.9 Å². The minimum absolute atomic E-state index is 0.0492. The Morgan fingerprint density at radius 3 is 2.84 bits per heavy atom. The van der Waals surface area contributed by atoms with Gasteiger partial charge in [0, 0.05) is 40.2 Å². The number of aryl methyl sites for hydroxylation is 1. The number of hydrogen-bond donors (Lipinski definition) is 0. The second-order valence-corrected chi connectivity index (χ2v) is 6.81. The van der Waals surface area contributed by atoms with E-state index in [0.717, 1.165) is 12.2 Å². The molecule has 0 aromatic carbocycles. The molecule has 1 unspecified atom stereocenters. The summed E-state index contributed by atoms with van der Waals surface area (Å²) >= 11 is 1.33. The highest BCUT2D eigenvalue weighted by Crippen LogP contribution is 2.19. The highest BCUT2D eigenvalue weighted by molar-refractivity contribution is 7.99. The summed E-state index contributed by atoms with van der Waals surface area (Å²) in [6.07, 6.45) is 0.712. The third-order valence-electron chi connectivity index (χ3n) is 3.78. The number of thioether (sulfide) groups is 1. The standard InChI is InChI=1S/C14H20N8O2S/c1-20(2)11-4-5-12(16-15-11)24-10-6-7-22(8-10)13(23)9-25-14-17-18-19-21(14)3/h4-5,10H,6-9H2,1-3H3. The summed E-state index contributed by atoms with van der Waals surface area (Å²) in [5, 5.41) is 19.9. The van der Waals surface area contributed by atoms with Gasteiger partial charge in [0.25, 0.3) is 0 Å². The first-order chi connectivity index (χ1) is 12.0. The summed E-state index contributed by atoms with van der Waals surface area (Å²) in [5.41, 5.74) is 0. The molecule has 1 fully saturated rings. The third kappa shape index (κ3) is 4.35. The van der Waals surface area contributed by atoms with Crippen LogP contribution in [-0.4, -0.2) is 80.3 Å². The van der Waals surface area contributed by atoms with Crippen LogP contribution in [0.4, 0.5) is 5.82 Å². The van der Waals surface area contributed by atoms with Gasteiger partial charge in [-0.1, -0.05) is 11.8 Å². The molecule has 1 saturated heterocycles. The molecule has 1 atom stereocenters. The number of likely N-dealkylation sites (tertiary alicyclic amines) is 1. The number of hydrogen-bond acceptors (Lipinski definition) is 9. The van der Waals surface area contributed by atoms with E-state index in [2.05, 4.69) is 25.7 Å². The number of ether oxygens (including phenoxy) is 1. The maximum atomic E-state index is 12.3. The predicted octanol–water partition coefficient (Wildman–Crippen LogP) is -0.162. The molecule has 0 bridgehead atoms. The summed E-state index contributed by atoms with van der Waals surface area (Å²) in [5.74, 6) is 1.60. The van der Waals surface area contributed by atoms with E-state index in [-0.39, 0.29) is 12.0 Å². The monoisotopic (exact) mass is 364 g/mol. The number of amides is 1. The van der Waals surface area contributed by atoms with E-state index >= 15 is 0 Å². The molecule has 0 radical (unpaired) electrons. The van der Waals surface area contributed by atoms with Crippen molar-refractivity contribution in [2.45, 2.75) is 17.7 Å². The van der Waals surface area contributed by atoms with Gasteiger partial charge >= 0.3 is 0 Å². The average molecular weight is 364 g/mol. The molecule has 0 saturated carbocycles. The highest BCUT2D eigenvalue weighted by atomic mass is 32.2. The van der Waals surface area contributed by atoms with E-state index in [1.165, 1.54) is 11.8 Å². The van der Waals surface area contributed by atoms with E-state index in [9.17, 15) is 4.79 Å². The fourth-order valence-corrected chi connectivity index (χ4v) is 3.15. The molecule has 3 heterocycles. The molecule has 134 valence electrons. The van der Waals surface area contributed by atoms with Crippen LogP contribution in [-0.2, 0) is 11.8 Å². The van der Waals surface area contributed by atoms with Crippen LogP contribution >= 0.6 is 11.8 Å². The summed E-state index contributed by atoms with van der Waals surface area (Å²) < 4.78 is 7.38. The Morgan fingerprint density at radius 2 is 2.20 bits per heavy atom. The van der Waals surface area contributed by atoms with Crippen LogP contribution in [0.1, 0.15) is 6.42 Å². The van der Waals surface area contributed by atoms with E-state index in [0.29, 0.717) is 29.9 Å². The normalized spacial score (nSPS) is 16.9. The lowest BCUT2D eigenvalue weighted by molar-refractivity contribution is -0.127. The van der Waals surface area contributed by atoms with Gasteiger partial charge in [0.1, 0.15) is 6.10 Å². The molecule has 0 aliphatic carbocycles. The number of nitrogens with zero attached hydrogens (tertiary/aromatic N) is 8. The van der Waals surface area contributed by atoms with Gasteiger partial charge in [-0.2, -0.15) is 0 Å². The largest absolute Gasteiger partial charge is 0.471 e. The fourth-order valence-electron chi connectivity index (χ4n) is 2.40. The Kier molecular flexibility index (Phi) is 5.31. The number of tetrazole rings is 1. The lowest BCUT2D eigenvalue weighted by atomic mass is 10.3. The van der Waals surface area contributed by atoms with Gasteiger partial charge in [-0.25, -0.2) is 4.68 Å². The number of aromatic nitrogens is 6. The van der Waals surface area contributed by atoms with Crippen LogP contribution in [0.15, 0.2) is 17.3 Å². The zero-order valence-electron chi connectivity index (χ0n) is 14.4. The van der Waals surface area contributed by atoms with Crippen molar-refractivity contribution in [3.8, 4) is 5.88 Å². The SMILES string of the molecule is CN(C)c1ccc(OC2CCN(C(=O)CSc3nnnn3C)C2)nn1. The molecule has 10 nitrogen and oxygen atoms in total. The zero-order chi connectivity index (χ0) is 17.8. The Balaban J connectivity index is 1.47. The molecule has 3 rings (SSSR count).